The van der Waals surface area contributed by atoms with E-state index in [-0.39, 0.29) is 11.5 Å². The summed E-state index contributed by atoms with van der Waals surface area (Å²) in [6.07, 6.45) is 9.50. The number of rotatable bonds is 10. The highest BCUT2D eigenvalue weighted by Gasteiger charge is 2.08. The highest BCUT2D eigenvalue weighted by Crippen LogP contribution is 2.26. The molecule has 118 valence electrons. The Morgan fingerprint density at radius 3 is 2.29 bits per heavy atom. The Morgan fingerprint density at radius 2 is 1.67 bits per heavy atom. The molecule has 0 aliphatic carbocycles. The molecule has 2 N–H and O–H groups in total. The fourth-order valence-corrected chi connectivity index (χ4v) is 2.31. The Balaban J connectivity index is 2.44. The van der Waals surface area contributed by atoms with Crippen molar-refractivity contribution in [2.45, 2.75) is 58.3 Å². The summed E-state index contributed by atoms with van der Waals surface area (Å²) in [7, 11) is 1.52. The Bertz CT molecular complexity index is 444. The van der Waals surface area contributed by atoms with Crippen molar-refractivity contribution in [2.75, 3.05) is 7.11 Å². The van der Waals surface area contributed by atoms with Crippen LogP contribution in [0, 0.1) is 0 Å². The van der Waals surface area contributed by atoms with Gasteiger partial charge < -0.3 is 15.1 Å². The number of aromatic hydroxyl groups is 2. The molecule has 0 heterocycles. The van der Waals surface area contributed by atoms with Crippen LogP contribution in [0.15, 0.2) is 23.4 Å². The van der Waals surface area contributed by atoms with E-state index in [2.05, 4.69) is 12.1 Å². The maximum absolute atomic E-state index is 9.56. The molecule has 0 radical (unpaired) electrons. The summed E-state index contributed by atoms with van der Waals surface area (Å²) in [6, 6.07) is 4.74. The fraction of sp³-hybridized carbons (Fsp3) is 0.588. The normalized spacial score (nSPS) is 11.6. The quantitative estimate of drug-likeness (QED) is 0.287. The first-order valence-corrected chi connectivity index (χ1v) is 7.81. The molecule has 4 heteroatoms. The number of hydrogen-bond acceptors (Lipinski definition) is 4. The summed E-state index contributed by atoms with van der Waals surface area (Å²) in [4.78, 5) is 4.88. The van der Waals surface area contributed by atoms with Gasteiger partial charge in [-0.3, -0.25) is 0 Å². The smallest absolute Gasteiger partial charge is 0.158 e. The van der Waals surface area contributed by atoms with Gasteiger partial charge in [-0.15, -0.1) is 0 Å². The zero-order valence-corrected chi connectivity index (χ0v) is 13.1. The van der Waals surface area contributed by atoms with Gasteiger partial charge in [0.1, 0.15) is 7.11 Å². The second-order valence-corrected chi connectivity index (χ2v) is 5.30. The van der Waals surface area contributed by atoms with Gasteiger partial charge in [0.25, 0.3) is 0 Å². The molecule has 1 rings (SSSR count). The van der Waals surface area contributed by atoms with Crippen LogP contribution in [0.3, 0.4) is 0 Å². The van der Waals surface area contributed by atoms with E-state index in [0.717, 1.165) is 24.1 Å². The van der Waals surface area contributed by atoms with Crippen molar-refractivity contribution in [1.82, 2.24) is 0 Å². The third-order valence-electron chi connectivity index (χ3n) is 3.53. The van der Waals surface area contributed by atoms with Gasteiger partial charge in [0.05, 0.1) is 5.71 Å². The van der Waals surface area contributed by atoms with Gasteiger partial charge in [-0.2, -0.15) is 0 Å². The van der Waals surface area contributed by atoms with Crippen molar-refractivity contribution in [2.24, 2.45) is 5.16 Å². The van der Waals surface area contributed by atoms with Crippen molar-refractivity contribution >= 4 is 5.71 Å². The van der Waals surface area contributed by atoms with Crippen LogP contribution in [0.25, 0.3) is 0 Å². The van der Waals surface area contributed by atoms with Gasteiger partial charge in [0.2, 0.25) is 0 Å². The third-order valence-corrected chi connectivity index (χ3v) is 3.53. The standard InChI is InChI=1S/C17H27NO3/c1-3-4-5-6-7-8-9-10-15(18-21-2)14-11-12-16(19)17(20)13-14/h11-13,19-20H,3-10H2,1-2H3/b18-15-. The first kappa shape index (κ1) is 17.3. The Labute approximate surface area is 127 Å². The molecule has 0 spiro atoms. The highest BCUT2D eigenvalue weighted by atomic mass is 16.6. The molecule has 0 aromatic heterocycles. The molecule has 0 unspecified atom stereocenters. The number of unbranched alkanes of at least 4 members (excludes halogenated alkanes) is 6. The number of phenols is 2. The maximum atomic E-state index is 9.56. The number of hydrogen-bond donors (Lipinski definition) is 2. The van der Waals surface area contributed by atoms with E-state index in [9.17, 15) is 10.2 Å². The van der Waals surface area contributed by atoms with Gasteiger partial charge in [0.15, 0.2) is 11.5 Å². The Kier molecular flexibility index (Phi) is 8.32. The predicted molar refractivity (Wildman–Crippen MR) is 85.9 cm³/mol. The molecule has 1 aromatic rings. The lowest BCUT2D eigenvalue weighted by molar-refractivity contribution is 0.212. The van der Waals surface area contributed by atoms with Crippen molar-refractivity contribution in [3.8, 4) is 11.5 Å². The first-order valence-electron chi connectivity index (χ1n) is 7.81. The van der Waals surface area contributed by atoms with Gasteiger partial charge in [-0.25, -0.2) is 0 Å². The lowest BCUT2D eigenvalue weighted by Gasteiger charge is -2.07. The zero-order valence-electron chi connectivity index (χ0n) is 13.1. The molecular weight excluding hydrogens is 266 g/mol. The van der Waals surface area contributed by atoms with E-state index in [4.69, 9.17) is 4.84 Å². The van der Waals surface area contributed by atoms with E-state index in [1.54, 1.807) is 6.07 Å². The minimum atomic E-state index is -0.129. The number of nitrogens with zero attached hydrogens (tertiary/aromatic N) is 1. The summed E-state index contributed by atoms with van der Waals surface area (Å²) in [5.41, 5.74) is 1.60. The molecule has 0 saturated carbocycles. The van der Waals surface area contributed by atoms with Crippen molar-refractivity contribution < 1.29 is 15.1 Å². The van der Waals surface area contributed by atoms with E-state index in [1.165, 1.54) is 57.8 Å². The molecule has 0 aliphatic heterocycles. The van der Waals surface area contributed by atoms with Crippen LogP contribution in [0.4, 0.5) is 0 Å². The van der Waals surface area contributed by atoms with Crippen LogP contribution in [0.5, 0.6) is 11.5 Å². The minimum absolute atomic E-state index is 0.119. The molecule has 0 aliphatic rings. The van der Waals surface area contributed by atoms with Crippen LogP contribution in [-0.2, 0) is 4.84 Å². The molecule has 4 nitrogen and oxygen atoms in total. The molecule has 0 fully saturated rings. The van der Waals surface area contributed by atoms with Gasteiger partial charge in [-0.1, -0.05) is 50.6 Å². The summed E-state index contributed by atoms with van der Waals surface area (Å²) >= 11 is 0. The van der Waals surface area contributed by atoms with Gasteiger partial charge in [0, 0.05) is 5.56 Å². The molecule has 0 bridgehead atoms. The van der Waals surface area contributed by atoms with E-state index in [0.29, 0.717) is 0 Å². The van der Waals surface area contributed by atoms with Crippen LogP contribution < -0.4 is 0 Å². The SMILES string of the molecule is CCCCCCCCC/C(=N/OC)c1ccc(O)c(O)c1. The fourth-order valence-electron chi connectivity index (χ4n) is 2.31. The Morgan fingerprint density at radius 1 is 1.00 bits per heavy atom. The van der Waals surface area contributed by atoms with Crippen molar-refractivity contribution in [1.29, 1.82) is 0 Å². The summed E-state index contributed by atoms with van der Waals surface area (Å²) in [5, 5.41) is 23.0. The number of oxime groups is 1. The van der Waals surface area contributed by atoms with Crippen LogP contribution in [0.1, 0.15) is 63.9 Å². The molecular formula is C17H27NO3. The predicted octanol–water partition coefficient (Wildman–Crippen LogP) is 4.59. The van der Waals surface area contributed by atoms with Gasteiger partial charge >= 0.3 is 0 Å². The van der Waals surface area contributed by atoms with E-state index >= 15 is 0 Å². The van der Waals surface area contributed by atoms with Gasteiger partial charge in [-0.05, 0) is 31.0 Å². The van der Waals surface area contributed by atoms with Crippen LogP contribution >= 0.6 is 0 Å². The second kappa shape index (κ2) is 10.1. The average molecular weight is 293 g/mol. The summed E-state index contributed by atoms with van der Waals surface area (Å²) in [6.45, 7) is 2.22. The molecule has 0 saturated heterocycles. The maximum Gasteiger partial charge on any atom is 0.158 e. The number of benzene rings is 1. The molecule has 21 heavy (non-hydrogen) atoms. The highest BCUT2D eigenvalue weighted by molar-refractivity contribution is 6.00. The minimum Gasteiger partial charge on any atom is -0.504 e. The van der Waals surface area contributed by atoms with E-state index in [1.807, 2.05) is 0 Å². The molecule has 0 amide bonds. The van der Waals surface area contributed by atoms with Crippen molar-refractivity contribution in [3.05, 3.63) is 23.8 Å². The third kappa shape index (κ3) is 6.52. The molecule has 1 aromatic carbocycles. The van der Waals surface area contributed by atoms with E-state index < -0.39 is 0 Å². The lowest BCUT2D eigenvalue weighted by Crippen LogP contribution is -2.02. The topological polar surface area (TPSA) is 62.0 Å². The molecule has 0 atom stereocenters. The lowest BCUT2D eigenvalue weighted by atomic mass is 10.0. The Hall–Kier alpha value is -1.71. The first-order chi connectivity index (χ1) is 10.2. The van der Waals surface area contributed by atoms with Crippen molar-refractivity contribution in [3.63, 3.8) is 0 Å². The van der Waals surface area contributed by atoms with Crippen LogP contribution in [0.2, 0.25) is 0 Å². The zero-order chi connectivity index (χ0) is 15.5. The van der Waals surface area contributed by atoms with Crippen LogP contribution in [-0.4, -0.2) is 23.0 Å². The summed E-state index contributed by atoms with van der Waals surface area (Å²) < 4.78 is 0. The summed E-state index contributed by atoms with van der Waals surface area (Å²) in [5.74, 6) is -0.248. The second-order valence-electron chi connectivity index (χ2n) is 5.30. The monoisotopic (exact) mass is 293 g/mol. The average Bonchev–Trinajstić information content (AvgIpc) is 2.48. The largest absolute Gasteiger partial charge is 0.504 e. The number of phenolic OH excluding ortho intramolecular Hbond substituents is 2.